The van der Waals surface area contributed by atoms with Crippen LogP contribution in [0.15, 0.2) is 0 Å². The highest BCUT2D eigenvalue weighted by Gasteiger charge is 2.47. The third-order valence-electron chi connectivity index (χ3n) is 2.27. The van der Waals surface area contributed by atoms with Gasteiger partial charge in [-0.1, -0.05) is 6.92 Å². The highest BCUT2D eigenvalue weighted by molar-refractivity contribution is 6.62. The number of hydrogen-bond donors (Lipinski definition) is 2. The Morgan fingerprint density at radius 2 is 1.69 bits per heavy atom. The van der Waals surface area contributed by atoms with Gasteiger partial charge in [-0.15, -0.1) is 0 Å². The summed E-state index contributed by atoms with van der Waals surface area (Å²) in [7, 11) is -0.846. The lowest BCUT2D eigenvalue weighted by Crippen LogP contribution is -2.61. The van der Waals surface area contributed by atoms with Gasteiger partial charge in [0, 0.05) is 13.2 Å². The predicted molar refractivity (Wildman–Crippen MR) is 65.2 cm³/mol. The molecule has 0 aliphatic heterocycles. The zero-order chi connectivity index (χ0) is 12.4. The number of aliphatic hydroxyl groups is 1. The molecule has 0 aliphatic carbocycles. The third kappa shape index (κ3) is 4.48. The molecule has 0 aromatic carbocycles. The molecular weight excluding hydrogens is 226 g/mol. The van der Waals surface area contributed by atoms with Crippen LogP contribution in [0.4, 0.5) is 0 Å². The van der Waals surface area contributed by atoms with Crippen molar-refractivity contribution in [1.29, 1.82) is 0 Å². The lowest BCUT2D eigenvalue weighted by molar-refractivity contribution is 0.0421. The molecule has 1 unspecified atom stereocenters. The smallest absolute Gasteiger partial charge is 0.394 e. The van der Waals surface area contributed by atoms with E-state index in [0.717, 1.165) is 6.42 Å². The Hall–Kier alpha value is 0.0169. The first-order valence-corrected chi connectivity index (χ1v) is 7.70. The van der Waals surface area contributed by atoms with Crippen LogP contribution in [0.1, 0.15) is 27.2 Å². The molecule has 0 saturated heterocycles. The molecule has 0 rings (SSSR count). The van der Waals surface area contributed by atoms with Crippen LogP contribution in [0.25, 0.3) is 0 Å². The first-order chi connectivity index (χ1) is 7.70. The topological polar surface area (TPSA) is 60.0 Å². The van der Waals surface area contributed by atoms with E-state index >= 15 is 0 Å². The standard InChI is InChI=1S/C10H25NO4Si/c1-5-10(11-4)16(13-6-2,14-7-3)15-9-8-12/h10-12H,5-9H2,1-4H3. The molecule has 98 valence electrons. The van der Waals surface area contributed by atoms with E-state index < -0.39 is 8.80 Å². The Morgan fingerprint density at radius 1 is 1.12 bits per heavy atom. The molecule has 6 heteroatoms. The number of rotatable bonds is 10. The second-order valence-electron chi connectivity index (χ2n) is 3.29. The summed E-state index contributed by atoms with van der Waals surface area (Å²) < 4.78 is 17.2. The summed E-state index contributed by atoms with van der Waals surface area (Å²) in [6, 6.07) is 0. The SMILES string of the molecule is CCO[Si](OCC)(OCCO)C(CC)NC. The summed E-state index contributed by atoms with van der Waals surface area (Å²) in [5, 5.41) is 12.0. The summed E-state index contributed by atoms with van der Waals surface area (Å²) in [4.78, 5) is 0. The Bertz CT molecular complexity index is 161. The second-order valence-corrected chi connectivity index (χ2v) is 6.06. The molecule has 0 spiro atoms. The van der Waals surface area contributed by atoms with Gasteiger partial charge in [0.05, 0.1) is 18.9 Å². The number of nitrogens with one attached hydrogen (secondary N) is 1. The average Bonchev–Trinajstić information content (AvgIpc) is 2.28. The molecule has 0 aliphatic rings. The molecule has 0 amide bonds. The fourth-order valence-corrected chi connectivity index (χ4v) is 4.54. The zero-order valence-electron chi connectivity index (χ0n) is 10.8. The fraction of sp³-hybridized carbons (Fsp3) is 1.00. The van der Waals surface area contributed by atoms with Crippen LogP contribution in [-0.2, 0) is 13.3 Å². The average molecular weight is 251 g/mol. The molecule has 0 bridgehead atoms. The zero-order valence-corrected chi connectivity index (χ0v) is 11.8. The van der Waals surface area contributed by atoms with Gasteiger partial charge < -0.3 is 23.7 Å². The van der Waals surface area contributed by atoms with Gasteiger partial charge in [0.1, 0.15) is 0 Å². The summed E-state index contributed by atoms with van der Waals surface area (Å²) in [5.41, 5.74) is 0.0685. The van der Waals surface area contributed by atoms with Crippen molar-refractivity contribution in [3.05, 3.63) is 0 Å². The maximum absolute atomic E-state index is 8.86. The molecule has 0 aromatic rings. The van der Waals surface area contributed by atoms with Crippen LogP contribution >= 0.6 is 0 Å². The maximum Gasteiger partial charge on any atom is 0.518 e. The van der Waals surface area contributed by atoms with Gasteiger partial charge in [0.25, 0.3) is 0 Å². The Labute approximate surface area is 99.5 Å². The molecular formula is C10H25NO4Si. The van der Waals surface area contributed by atoms with Crippen LogP contribution < -0.4 is 5.32 Å². The van der Waals surface area contributed by atoms with Crippen LogP contribution in [0.3, 0.4) is 0 Å². The first-order valence-electron chi connectivity index (χ1n) is 5.90. The Balaban J connectivity index is 4.73. The predicted octanol–water partition coefficient (Wildman–Crippen LogP) is 0.544. The lowest BCUT2D eigenvalue weighted by Gasteiger charge is -2.34. The minimum absolute atomic E-state index is 0.0188. The van der Waals surface area contributed by atoms with Crippen LogP contribution in [-0.4, -0.2) is 53.1 Å². The molecule has 2 N–H and O–H groups in total. The van der Waals surface area contributed by atoms with Crippen molar-refractivity contribution in [3.8, 4) is 0 Å². The molecule has 0 radical (unpaired) electrons. The Kier molecular flexibility index (Phi) is 9.10. The molecule has 0 saturated carbocycles. The van der Waals surface area contributed by atoms with Gasteiger partial charge in [-0.05, 0) is 27.3 Å². The molecule has 16 heavy (non-hydrogen) atoms. The van der Waals surface area contributed by atoms with E-state index in [0.29, 0.717) is 13.2 Å². The highest BCUT2D eigenvalue weighted by Crippen LogP contribution is 2.17. The van der Waals surface area contributed by atoms with E-state index in [9.17, 15) is 0 Å². The first kappa shape index (κ1) is 16.0. The highest BCUT2D eigenvalue weighted by atomic mass is 28.4. The third-order valence-corrected chi connectivity index (χ3v) is 5.81. The summed E-state index contributed by atoms with van der Waals surface area (Å²) in [6.45, 7) is 7.24. The van der Waals surface area contributed by atoms with Gasteiger partial charge in [0.15, 0.2) is 0 Å². The molecule has 1 atom stereocenters. The van der Waals surface area contributed by atoms with Crippen molar-refractivity contribution in [2.45, 2.75) is 32.9 Å². The Morgan fingerprint density at radius 3 is 2.00 bits per heavy atom. The maximum atomic E-state index is 8.86. The summed E-state index contributed by atoms with van der Waals surface area (Å²) in [5.74, 6) is 0. The van der Waals surface area contributed by atoms with Crippen LogP contribution in [0.2, 0.25) is 0 Å². The van der Waals surface area contributed by atoms with E-state index in [-0.39, 0.29) is 18.9 Å². The number of aliphatic hydroxyl groups excluding tert-OH is 1. The van der Waals surface area contributed by atoms with E-state index in [1.54, 1.807) is 0 Å². The molecule has 5 nitrogen and oxygen atoms in total. The van der Waals surface area contributed by atoms with Crippen LogP contribution in [0, 0.1) is 0 Å². The molecule has 0 fully saturated rings. The van der Waals surface area contributed by atoms with Gasteiger partial charge in [-0.2, -0.15) is 0 Å². The van der Waals surface area contributed by atoms with Gasteiger partial charge in [-0.25, -0.2) is 0 Å². The lowest BCUT2D eigenvalue weighted by atomic mass is 10.5. The van der Waals surface area contributed by atoms with Crippen molar-refractivity contribution < 1.29 is 18.4 Å². The quantitative estimate of drug-likeness (QED) is 0.555. The van der Waals surface area contributed by atoms with Gasteiger partial charge in [-0.3, -0.25) is 0 Å². The van der Waals surface area contributed by atoms with Crippen molar-refractivity contribution in [2.24, 2.45) is 0 Å². The fourth-order valence-electron chi connectivity index (χ4n) is 1.65. The largest absolute Gasteiger partial charge is 0.518 e. The summed E-state index contributed by atoms with van der Waals surface area (Å²) >= 11 is 0. The van der Waals surface area contributed by atoms with E-state index in [1.807, 2.05) is 20.9 Å². The minimum atomic E-state index is -2.72. The monoisotopic (exact) mass is 251 g/mol. The second kappa shape index (κ2) is 9.09. The molecule has 0 aromatic heterocycles. The van der Waals surface area contributed by atoms with E-state index in [4.69, 9.17) is 18.4 Å². The summed E-state index contributed by atoms with van der Waals surface area (Å²) in [6.07, 6.45) is 0.869. The van der Waals surface area contributed by atoms with Gasteiger partial charge in [0.2, 0.25) is 0 Å². The molecule has 0 heterocycles. The van der Waals surface area contributed by atoms with Crippen LogP contribution in [0.5, 0.6) is 0 Å². The normalized spacial score (nSPS) is 14.1. The van der Waals surface area contributed by atoms with Gasteiger partial charge >= 0.3 is 8.80 Å². The van der Waals surface area contributed by atoms with Crippen molar-refractivity contribution in [1.82, 2.24) is 5.32 Å². The van der Waals surface area contributed by atoms with Crippen molar-refractivity contribution in [3.63, 3.8) is 0 Å². The minimum Gasteiger partial charge on any atom is -0.394 e. The van der Waals surface area contributed by atoms with Crippen molar-refractivity contribution >= 4 is 8.80 Å². The van der Waals surface area contributed by atoms with E-state index in [2.05, 4.69) is 12.2 Å². The number of hydrogen-bond acceptors (Lipinski definition) is 5. The van der Waals surface area contributed by atoms with E-state index in [1.165, 1.54) is 0 Å². The van der Waals surface area contributed by atoms with Crippen molar-refractivity contribution in [2.75, 3.05) is 33.5 Å².